The highest BCUT2D eigenvalue weighted by Gasteiger charge is 2.45. The van der Waals surface area contributed by atoms with Gasteiger partial charge in [0.15, 0.2) is 5.54 Å². The molecule has 1 aliphatic heterocycles. The van der Waals surface area contributed by atoms with E-state index in [1.807, 2.05) is 24.3 Å². The van der Waals surface area contributed by atoms with Crippen LogP contribution in [0, 0.1) is 5.92 Å². The van der Waals surface area contributed by atoms with Crippen molar-refractivity contribution in [2.45, 2.75) is 49.6 Å². The van der Waals surface area contributed by atoms with Gasteiger partial charge in [-0.25, -0.2) is 9.59 Å². The molecule has 0 aromatic heterocycles. The maximum absolute atomic E-state index is 12.9. The number of alkyl carbamates (subject to hydrolysis) is 1. The Kier molecular flexibility index (Phi) is 6.47. The number of aliphatic carboxylic acids is 1. The second-order valence-electron chi connectivity index (χ2n) is 9.71. The molecule has 2 aromatic carbocycles. The number of rotatable bonds is 6. The first kappa shape index (κ1) is 23.4. The molecule has 184 valence electrons. The molecule has 35 heavy (non-hydrogen) atoms. The van der Waals surface area contributed by atoms with Crippen LogP contribution in [-0.2, 0) is 19.1 Å². The summed E-state index contributed by atoms with van der Waals surface area (Å²) in [7, 11) is 0. The van der Waals surface area contributed by atoms with Gasteiger partial charge in [0.25, 0.3) is 0 Å². The van der Waals surface area contributed by atoms with E-state index < -0.39 is 17.6 Å². The Balaban J connectivity index is 1.17. The van der Waals surface area contributed by atoms with Gasteiger partial charge >= 0.3 is 12.1 Å². The maximum atomic E-state index is 12.9. The number of hydrogen-bond donors (Lipinski definition) is 3. The molecule has 1 heterocycles. The SMILES string of the molecule is O=C(N[C@H]1CCC[C@@H](C(=O)NC2(C(=O)O)CCOC2)C1)OCC1c2ccccc2-c2ccccc21. The second-order valence-corrected chi connectivity index (χ2v) is 9.71. The molecular weight excluding hydrogens is 448 g/mol. The van der Waals surface area contributed by atoms with Crippen LogP contribution in [0.5, 0.6) is 0 Å². The minimum absolute atomic E-state index is 0.0149. The number of benzene rings is 2. The fraction of sp³-hybridized carbons (Fsp3) is 0.444. The lowest BCUT2D eigenvalue weighted by molar-refractivity contribution is -0.148. The van der Waals surface area contributed by atoms with Gasteiger partial charge in [-0.2, -0.15) is 0 Å². The molecule has 2 aliphatic carbocycles. The summed E-state index contributed by atoms with van der Waals surface area (Å²) in [6, 6.07) is 16.2. The van der Waals surface area contributed by atoms with Crippen LogP contribution in [0.2, 0.25) is 0 Å². The average Bonchev–Trinajstić information content (AvgIpc) is 3.47. The monoisotopic (exact) mass is 478 g/mol. The fourth-order valence-electron chi connectivity index (χ4n) is 5.59. The van der Waals surface area contributed by atoms with E-state index in [0.717, 1.165) is 24.0 Å². The number of hydrogen-bond acceptors (Lipinski definition) is 5. The van der Waals surface area contributed by atoms with E-state index in [9.17, 15) is 19.5 Å². The van der Waals surface area contributed by atoms with Gasteiger partial charge < -0.3 is 25.2 Å². The standard InChI is InChI=1S/C27H30N2O6/c30-24(29-27(25(31)32)12-13-34-16-27)17-6-5-7-18(14-17)28-26(33)35-15-23-21-10-3-1-8-19(21)20-9-2-4-11-22(20)23/h1-4,8-11,17-18,23H,5-7,12-16H2,(H,28,33)(H,29,30)(H,31,32)/t17-,18+,27?/m1/s1. The topological polar surface area (TPSA) is 114 Å². The van der Waals surface area contributed by atoms with E-state index in [0.29, 0.717) is 19.4 Å². The van der Waals surface area contributed by atoms with Crippen LogP contribution in [-0.4, -0.2) is 54.5 Å². The number of carbonyl (C=O) groups excluding carboxylic acids is 2. The van der Waals surface area contributed by atoms with Crippen molar-refractivity contribution in [2.75, 3.05) is 19.8 Å². The summed E-state index contributed by atoms with van der Waals surface area (Å²) in [5, 5.41) is 15.2. The first-order valence-corrected chi connectivity index (χ1v) is 12.2. The van der Waals surface area contributed by atoms with E-state index in [2.05, 4.69) is 34.9 Å². The maximum Gasteiger partial charge on any atom is 0.407 e. The summed E-state index contributed by atoms with van der Waals surface area (Å²) in [5.74, 6) is -1.75. The highest BCUT2D eigenvalue weighted by molar-refractivity contribution is 5.88. The second kappa shape index (κ2) is 9.70. The molecular formula is C27H30N2O6. The number of nitrogens with one attached hydrogen (secondary N) is 2. The van der Waals surface area contributed by atoms with Gasteiger partial charge in [0.05, 0.1) is 6.61 Å². The highest BCUT2D eigenvalue weighted by Crippen LogP contribution is 2.44. The van der Waals surface area contributed by atoms with E-state index >= 15 is 0 Å². The molecule has 8 heteroatoms. The number of carboxylic acids is 1. The quantitative estimate of drug-likeness (QED) is 0.586. The zero-order valence-corrected chi connectivity index (χ0v) is 19.5. The lowest BCUT2D eigenvalue weighted by atomic mass is 9.84. The van der Waals surface area contributed by atoms with Crippen LogP contribution in [0.4, 0.5) is 4.79 Å². The van der Waals surface area contributed by atoms with Crippen molar-refractivity contribution in [3.63, 3.8) is 0 Å². The number of amides is 2. The van der Waals surface area contributed by atoms with Crippen LogP contribution < -0.4 is 10.6 Å². The van der Waals surface area contributed by atoms with Gasteiger partial charge in [0, 0.05) is 30.9 Å². The van der Waals surface area contributed by atoms with Crippen LogP contribution >= 0.6 is 0 Å². The summed E-state index contributed by atoms with van der Waals surface area (Å²) < 4.78 is 10.9. The van der Waals surface area contributed by atoms with Gasteiger partial charge in [0.2, 0.25) is 5.91 Å². The van der Waals surface area contributed by atoms with E-state index in [1.54, 1.807) is 0 Å². The van der Waals surface area contributed by atoms with Crippen molar-refractivity contribution >= 4 is 18.0 Å². The third-order valence-corrected chi connectivity index (χ3v) is 7.50. The van der Waals surface area contributed by atoms with Crippen LogP contribution in [0.15, 0.2) is 48.5 Å². The number of ether oxygens (including phenoxy) is 2. The Bertz CT molecular complexity index is 1080. The molecule has 1 saturated heterocycles. The number of carbonyl (C=O) groups is 3. The summed E-state index contributed by atoms with van der Waals surface area (Å²) in [6.07, 6.45) is 2.38. The normalized spacial score (nSPS) is 25.4. The third-order valence-electron chi connectivity index (χ3n) is 7.50. The summed E-state index contributed by atoms with van der Waals surface area (Å²) >= 11 is 0. The minimum Gasteiger partial charge on any atom is -0.479 e. The van der Waals surface area contributed by atoms with Crippen molar-refractivity contribution in [3.05, 3.63) is 59.7 Å². The highest BCUT2D eigenvalue weighted by atomic mass is 16.5. The molecule has 0 radical (unpaired) electrons. The van der Waals surface area contributed by atoms with Crippen molar-refractivity contribution in [3.8, 4) is 11.1 Å². The molecule has 5 rings (SSSR count). The Morgan fingerprint density at radius 2 is 1.71 bits per heavy atom. The Morgan fingerprint density at radius 3 is 2.34 bits per heavy atom. The minimum atomic E-state index is -1.36. The van der Waals surface area contributed by atoms with Gasteiger partial charge in [-0.15, -0.1) is 0 Å². The lowest BCUT2D eigenvalue weighted by Gasteiger charge is -2.32. The number of carboxylic acid groups (broad SMARTS) is 1. The predicted octanol–water partition coefficient (Wildman–Crippen LogP) is 3.44. The summed E-state index contributed by atoms with van der Waals surface area (Å²) in [6.45, 7) is 0.517. The molecule has 2 fully saturated rings. The third kappa shape index (κ3) is 4.62. The Labute approximate surface area is 204 Å². The van der Waals surface area contributed by atoms with Gasteiger partial charge in [-0.3, -0.25) is 4.79 Å². The average molecular weight is 479 g/mol. The largest absolute Gasteiger partial charge is 0.479 e. The molecule has 1 unspecified atom stereocenters. The molecule has 3 N–H and O–H groups in total. The zero-order valence-electron chi connectivity index (χ0n) is 19.5. The first-order chi connectivity index (χ1) is 17.0. The van der Waals surface area contributed by atoms with Crippen molar-refractivity contribution in [1.29, 1.82) is 0 Å². The van der Waals surface area contributed by atoms with Crippen LogP contribution in [0.25, 0.3) is 11.1 Å². The molecule has 0 bridgehead atoms. The lowest BCUT2D eigenvalue weighted by Crippen LogP contribution is -2.57. The Hall–Kier alpha value is -3.39. The Morgan fingerprint density at radius 1 is 1.03 bits per heavy atom. The predicted molar refractivity (Wildman–Crippen MR) is 128 cm³/mol. The molecule has 0 spiro atoms. The molecule has 8 nitrogen and oxygen atoms in total. The van der Waals surface area contributed by atoms with Gasteiger partial charge in [0.1, 0.15) is 6.61 Å². The van der Waals surface area contributed by atoms with E-state index in [-0.39, 0.29) is 43.4 Å². The zero-order chi connectivity index (χ0) is 24.4. The summed E-state index contributed by atoms with van der Waals surface area (Å²) in [5.41, 5.74) is 3.29. The molecule has 3 aliphatic rings. The number of fused-ring (bicyclic) bond motifs is 3. The van der Waals surface area contributed by atoms with Gasteiger partial charge in [-0.1, -0.05) is 55.0 Å². The van der Waals surface area contributed by atoms with Crippen molar-refractivity contribution in [1.82, 2.24) is 10.6 Å². The fourth-order valence-corrected chi connectivity index (χ4v) is 5.59. The van der Waals surface area contributed by atoms with Gasteiger partial charge in [-0.05, 0) is 41.5 Å². The van der Waals surface area contributed by atoms with E-state index in [4.69, 9.17) is 9.47 Å². The van der Waals surface area contributed by atoms with Crippen molar-refractivity contribution < 1.29 is 29.0 Å². The molecule has 1 saturated carbocycles. The molecule has 2 amide bonds. The first-order valence-electron chi connectivity index (χ1n) is 12.2. The van der Waals surface area contributed by atoms with E-state index in [1.165, 1.54) is 11.1 Å². The molecule has 3 atom stereocenters. The molecule has 2 aromatic rings. The van der Waals surface area contributed by atoms with Crippen molar-refractivity contribution in [2.24, 2.45) is 5.92 Å². The van der Waals surface area contributed by atoms with Crippen LogP contribution in [0.1, 0.15) is 49.1 Å². The smallest absolute Gasteiger partial charge is 0.407 e. The van der Waals surface area contributed by atoms with Crippen LogP contribution in [0.3, 0.4) is 0 Å². The summed E-state index contributed by atoms with van der Waals surface area (Å²) in [4.78, 5) is 37.2.